The average Bonchev–Trinajstić information content (AvgIpc) is 2.95. The maximum absolute atomic E-state index is 12.1. The molecule has 2 N–H and O–H groups in total. The second kappa shape index (κ2) is 5.65. The number of aryl methyl sites for hydroxylation is 2. The van der Waals surface area contributed by atoms with Crippen LogP contribution >= 0.6 is 22.7 Å². The predicted molar refractivity (Wildman–Crippen MR) is 79.1 cm³/mol. The smallest absolute Gasteiger partial charge is 0.347 e. The van der Waals surface area contributed by atoms with Crippen LogP contribution in [0.2, 0.25) is 0 Å². The molecule has 0 bridgehead atoms. The third kappa shape index (κ3) is 3.09. The Kier molecular flexibility index (Phi) is 4.28. The highest BCUT2D eigenvalue weighted by Crippen LogP contribution is 2.24. The molecule has 0 aliphatic heterocycles. The topological polar surface area (TPSA) is 83.5 Å². The van der Waals surface area contributed by atoms with Gasteiger partial charge in [0.2, 0.25) is 10.0 Å². The molecule has 20 heavy (non-hydrogen) atoms. The summed E-state index contributed by atoms with van der Waals surface area (Å²) in [6, 6.07) is 3.23. The van der Waals surface area contributed by atoms with Crippen molar-refractivity contribution >= 4 is 38.7 Å². The van der Waals surface area contributed by atoms with Gasteiger partial charge in [0.25, 0.3) is 0 Å². The van der Waals surface area contributed by atoms with Crippen LogP contribution in [0.25, 0.3) is 0 Å². The van der Waals surface area contributed by atoms with Crippen molar-refractivity contribution in [3.63, 3.8) is 0 Å². The molecule has 0 saturated heterocycles. The van der Waals surface area contributed by atoms with E-state index in [0.717, 1.165) is 26.7 Å². The van der Waals surface area contributed by atoms with Crippen molar-refractivity contribution < 1.29 is 18.3 Å². The van der Waals surface area contributed by atoms with Gasteiger partial charge >= 0.3 is 5.97 Å². The molecule has 5 nitrogen and oxygen atoms in total. The molecule has 0 aromatic carbocycles. The molecule has 2 rings (SSSR count). The predicted octanol–water partition coefficient (Wildman–Crippen LogP) is 2.60. The van der Waals surface area contributed by atoms with E-state index in [1.807, 2.05) is 19.9 Å². The van der Waals surface area contributed by atoms with E-state index in [9.17, 15) is 13.2 Å². The Morgan fingerprint density at radius 1 is 1.40 bits per heavy atom. The zero-order valence-electron chi connectivity index (χ0n) is 10.8. The molecule has 0 atom stereocenters. The van der Waals surface area contributed by atoms with Gasteiger partial charge in [0.05, 0.1) is 0 Å². The number of carboxylic acid groups (broad SMARTS) is 1. The molecule has 0 aliphatic carbocycles. The van der Waals surface area contributed by atoms with E-state index in [-0.39, 0.29) is 16.3 Å². The molecule has 0 unspecified atom stereocenters. The molecular weight excluding hydrogens is 318 g/mol. The lowest BCUT2D eigenvalue weighted by Gasteiger charge is -2.04. The fourth-order valence-corrected chi connectivity index (χ4v) is 4.99. The summed E-state index contributed by atoms with van der Waals surface area (Å²) in [4.78, 5) is 12.7. The van der Waals surface area contributed by atoms with Crippen LogP contribution in [-0.4, -0.2) is 19.5 Å². The van der Waals surface area contributed by atoms with Crippen LogP contribution in [0, 0.1) is 13.8 Å². The zero-order chi connectivity index (χ0) is 14.9. The minimum atomic E-state index is -3.81. The minimum absolute atomic E-state index is 0.163. The number of hydrogen-bond acceptors (Lipinski definition) is 5. The van der Waals surface area contributed by atoms with Crippen molar-refractivity contribution in [1.29, 1.82) is 0 Å². The van der Waals surface area contributed by atoms with E-state index in [2.05, 4.69) is 4.72 Å². The number of rotatable bonds is 5. The Labute approximate surface area is 124 Å². The van der Waals surface area contributed by atoms with Gasteiger partial charge in [0.15, 0.2) is 0 Å². The van der Waals surface area contributed by atoms with Crippen molar-refractivity contribution in [2.24, 2.45) is 0 Å². The first-order chi connectivity index (χ1) is 9.31. The molecule has 8 heteroatoms. The fraction of sp³-hybridized carbons (Fsp3) is 0.250. The van der Waals surface area contributed by atoms with Crippen molar-refractivity contribution in [3.05, 3.63) is 37.7 Å². The molecular formula is C12H13NO4S3. The molecule has 0 amide bonds. The quantitative estimate of drug-likeness (QED) is 0.882. The fourth-order valence-electron chi connectivity index (χ4n) is 1.65. The normalized spacial score (nSPS) is 11.7. The van der Waals surface area contributed by atoms with Gasteiger partial charge in [-0.3, -0.25) is 0 Å². The largest absolute Gasteiger partial charge is 0.477 e. The summed E-state index contributed by atoms with van der Waals surface area (Å²) in [6.45, 7) is 4.10. The zero-order valence-corrected chi connectivity index (χ0v) is 13.3. The van der Waals surface area contributed by atoms with Crippen molar-refractivity contribution in [2.45, 2.75) is 25.3 Å². The van der Waals surface area contributed by atoms with E-state index < -0.39 is 16.0 Å². The van der Waals surface area contributed by atoms with E-state index in [1.54, 1.807) is 0 Å². The van der Waals surface area contributed by atoms with Crippen LogP contribution < -0.4 is 4.72 Å². The molecule has 2 aromatic heterocycles. The average molecular weight is 331 g/mol. The van der Waals surface area contributed by atoms with E-state index in [0.29, 0.717) is 0 Å². The number of sulfonamides is 1. The van der Waals surface area contributed by atoms with Crippen LogP contribution in [0.15, 0.2) is 22.4 Å². The van der Waals surface area contributed by atoms with Crippen molar-refractivity contribution in [3.8, 4) is 0 Å². The number of hydrogen-bond donors (Lipinski definition) is 2. The lowest BCUT2D eigenvalue weighted by molar-refractivity contribution is 0.0698. The van der Waals surface area contributed by atoms with Crippen molar-refractivity contribution in [2.75, 3.05) is 0 Å². The Morgan fingerprint density at radius 3 is 2.65 bits per heavy atom. The van der Waals surface area contributed by atoms with Gasteiger partial charge in [0.1, 0.15) is 9.77 Å². The number of carbonyl (C=O) groups is 1. The van der Waals surface area contributed by atoms with Crippen LogP contribution in [0.1, 0.15) is 25.0 Å². The number of carboxylic acids is 1. The van der Waals surface area contributed by atoms with Crippen LogP contribution in [0.3, 0.4) is 0 Å². The standard InChI is InChI=1S/C12H13NO4S3/c1-7-5-9(19-8(7)2)6-13-20(16,17)10-3-4-18-11(10)12(14)15/h3-5,13H,6H2,1-2H3,(H,14,15). The van der Waals surface area contributed by atoms with Crippen molar-refractivity contribution in [1.82, 2.24) is 4.72 Å². The Balaban J connectivity index is 2.19. The Morgan fingerprint density at radius 2 is 2.10 bits per heavy atom. The first kappa shape index (κ1) is 15.2. The van der Waals surface area contributed by atoms with Gasteiger partial charge < -0.3 is 5.11 Å². The molecule has 0 fully saturated rings. The first-order valence-electron chi connectivity index (χ1n) is 5.67. The van der Waals surface area contributed by atoms with Gasteiger partial charge in [-0.25, -0.2) is 17.9 Å². The molecule has 2 heterocycles. The third-order valence-electron chi connectivity index (χ3n) is 2.77. The maximum Gasteiger partial charge on any atom is 0.347 e. The SMILES string of the molecule is Cc1cc(CNS(=O)(=O)c2ccsc2C(=O)O)sc1C. The van der Waals surface area contributed by atoms with Gasteiger partial charge in [-0.2, -0.15) is 0 Å². The summed E-state index contributed by atoms with van der Waals surface area (Å²) in [7, 11) is -3.81. The highest BCUT2D eigenvalue weighted by molar-refractivity contribution is 7.89. The molecule has 0 radical (unpaired) electrons. The number of aromatic carboxylic acids is 1. The minimum Gasteiger partial charge on any atom is -0.477 e. The van der Waals surface area contributed by atoms with Gasteiger partial charge in [-0.15, -0.1) is 22.7 Å². The molecule has 0 aliphatic rings. The maximum atomic E-state index is 12.1. The summed E-state index contributed by atoms with van der Waals surface area (Å²) < 4.78 is 26.7. The lowest BCUT2D eigenvalue weighted by Crippen LogP contribution is -2.23. The second-order valence-electron chi connectivity index (χ2n) is 4.20. The van der Waals surface area contributed by atoms with Gasteiger partial charge in [0, 0.05) is 16.3 Å². The highest BCUT2D eigenvalue weighted by Gasteiger charge is 2.23. The Bertz CT molecular complexity index is 723. The van der Waals surface area contributed by atoms with Crippen LogP contribution in [-0.2, 0) is 16.6 Å². The lowest BCUT2D eigenvalue weighted by atomic mass is 10.3. The van der Waals surface area contributed by atoms with E-state index in [1.165, 1.54) is 22.8 Å². The molecule has 108 valence electrons. The molecule has 2 aromatic rings. The second-order valence-corrected chi connectivity index (χ2v) is 8.19. The Hall–Kier alpha value is -1.22. The summed E-state index contributed by atoms with van der Waals surface area (Å²) >= 11 is 2.42. The van der Waals surface area contributed by atoms with Crippen LogP contribution in [0.5, 0.6) is 0 Å². The first-order valence-corrected chi connectivity index (χ1v) is 8.85. The summed E-state index contributed by atoms with van der Waals surface area (Å²) in [5.74, 6) is -1.23. The number of nitrogens with one attached hydrogen (secondary N) is 1. The highest BCUT2D eigenvalue weighted by atomic mass is 32.2. The van der Waals surface area contributed by atoms with Crippen LogP contribution in [0.4, 0.5) is 0 Å². The summed E-state index contributed by atoms with van der Waals surface area (Å²) in [6.07, 6.45) is 0. The molecule has 0 saturated carbocycles. The van der Waals surface area contributed by atoms with E-state index >= 15 is 0 Å². The van der Waals surface area contributed by atoms with Gasteiger partial charge in [-0.1, -0.05) is 0 Å². The monoisotopic (exact) mass is 331 g/mol. The summed E-state index contributed by atoms with van der Waals surface area (Å²) in [5.41, 5.74) is 1.12. The molecule has 0 spiro atoms. The third-order valence-corrected chi connectivity index (χ3v) is 6.39. The van der Waals surface area contributed by atoms with E-state index in [4.69, 9.17) is 5.11 Å². The summed E-state index contributed by atoms with van der Waals surface area (Å²) in [5, 5.41) is 10.4. The van der Waals surface area contributed by atoms with Gasteiger partial charge in [-0.05, 0) is 36.9 Å². The number of thiophene rings is 2.